The molecule has 1 aromatic heterocycles. The Morgan fingerprint density at radius 3 is 2.71 bits per heavy atom. The van der Waals surface area contributed by atoms with Gasteiger partial charge in [-0.2, -0.15) is 0 Å². The maximum absolute atomic E-state index is 12.6. The normalized spacial score (nSPS) is 15.5. The Kier molecular flexibility index (Phi) is 7.06. The van der Waals surface area contributed by atoms with Gasteiger partial charge in [-0.25, -0.2) is 0 Å². The molecular weight excluding hydrogens is 392 g/mol. The van der Waals surface area contributed by atoms with E-state index in [0.29, 0.717) is 47.5 Å². The molecule has 2 aromatic rings. The molecule has 1 fully saturated rings. The van der Waals surface area contributed by atoms with E-state index in [1.54, 1.807) is 29.4 Å². The highest BCUT2D eigenvalue weighted by Crippen LogP contribution is 2.32. The van der Waals surface area contributed by atoms with Crippen LogP contribution in [0.15, 0.2) is 58.1 Å². The maximum Gasteiger partial charge on any atom is 0.266 e. The first-order valence-corrected chi connectivity index (χ1v) is 10.4. The van der Waals surface area contributed by atoms with E-state index in [9.17, 15) is 9.59 Å². The number of carbonyl (C=O) groups is 2. The molecule has 1 aromatic carbocycles. The Morgan fingerprint density at radius 1 is 1.25 bits per heavy atom. The minimum atomic E-state index is -0.129. The lowest BCUT2D eigenvalue weighted by Crippen LogP contribution is -2.32. The van der Waals surface area contributed by atoms with Crippen molar-refractivity contribution in [1.29, 1.82) is 0 Å². The van der Waals surface area contributed by atoms with Crippen molar-refractivity contribution in [3.63, 3.8) is 0 Å². The Hall–Kier alpha value is -2.38. The quantitative estimate of drug-likeness (QED) is 0.476. The van der Waals surface area contributed by atoms with Gasteiger partial charge in [-0.1, -0.05) is 54.3 Å². The van der Waals surface area contributed by atoms with E-state index in [1.165, 1.54) is 11.8 Å². The summed E-state index contributed by atoms with van der Waals surface area (Å²) in [5.74, 6) is 0.577. The van der Waals surface area contributed by atoms with Gasteiger partial charge in [-0.3, -0.25) is 14.5 Å². The predicted molar refractivity (Wildman–Crippen MR) is 115 cm³/mol. The van der Waals surface area contributed by atoms with Crippen molar-refractivity contribution in [2.45, 2.75) is 26.3 Å². The molecule has 0 atom stereocenters. The van der Waals surface area contributed by atoms with Crippen LogP contribution in [0.2, 0.25) is 0 Å². The summed E-state index contributed by atoms with van der Waals surface area (Å²) in [6.07, 6.45) is 4.22. The van der Waals surface area contributed by atoms with Gasteiger partial charge in [-0.15, -0.1) is 0 Å². The van der Waals surface area contributed by atoms with Crippen LogP contribution in [0.3, 0.4) is 0 Å². The van der Waals surface area contributed by atoms with Crippen molar-refractivity contribution in [2.24, 2.45) is 0 Å². The van der Waals surface area contributed by atoms with Crippen molar-refractivity contribution in [1.82, 2.24) is 9.80 Å². The number of thioether (sulfide) groups is 1. The van der Waals surface area contributed by atoms with Gasteiger partial charge in [0.05, 0.1) is 11.2 Å². The van der Waals surface area contributed by atoms with Crippen LogP contribution in [0.5, 0.6) is 0 Å². The highest BCUT2D eigenvalue weighted by Gasteiger charge is 2.32. The Bertz CT molecular complexity index is 863. The molecule has 1 aliphatic rings. The zero-order chi connectivity index (χ0) is 19.9. The maximum atomic E-state index is 12.6. The molecule has 0 spiro atoms. The van der Waals surface area contributed by atoms with Crippen molar-refractivity contribution >= 4 is 46.2 Å². The van der Waals surface area contributed by atoms with E-state index in [-0.39, 0.29) is 11.8 Å². The van der Waals surface area contributed by atoms with Crippen LogP contribution in [0, 0.1) is 0 Å². The van der Waals surface area contributed by atoms with E-state index in [0.717, 1.165) is 5.56 Å². The number of rotatable bonds is 8. The van der Waals surface area contributed by atoms with Gasteiger partial charge in [-0.05, 0) is 31.0 Å². The van der Waals surface area contributed by atoms with Crippen molar-refractivity contribution in [2.75, 3.05) is 13.1 Å². The Labute approximate surface area is 174 Å². The fraction of sp³-hybridized carbons (Fsp3) is 0.286. The summed E-state index contributed by atoms with van der Waals surface area (Å²) in [6.45, 7) is 3.67. The molecular formula is C21H22N2O3S2. The van der Waals surface area contributed by atoms with Crippen LogP contribution in [-0.4, -0.2) is 39.0 Å². The molecule has 2 amide bonds. The lowest BCUT2D eigenvalue weighted by atomic mass is 10.2. The second-order valence-corrected chi connectivity index (χ2v) is 8.02. The summed E-state index contributed by atoms with van der Waals surface area (Å²) in [5, 5.41) is 0. The highest BCUT2D eigenvalue weighted by atomic mass is 32.2. The van der Waals surface area contributed by atoms with E-state index in [1.807, 2.05) is 42.2 Å². The van der Waals surface area contributed by atoms with Crippen molar-refractivity contribution in [3.8, 4) is 0 Å². The van der Waals surface area contributed by atoms with Crippen molar-refractivity contribution in [3.05, 3.63) is 65.0 Å². The van der Waals surface area contributed by atoms with E-state index in [4.69, 9.17) is 16.6 Å². The zero-order valence-corrected chi connectivity index (χ0v) is 17.3. The van der Waals surface area contributed by atoms with Gasteiger partial charge in [0.15, 0.2) is 0 Å². The molecule has 3 rings (SSSR count). The average molecular weight is 415 g/mol. The predicted octanol–water partition coefficient (Wildman–Crippen LogP) is 4.31. The molecule has 0 aliphatic carbocycles. The van der Waals surface area contributed by atoms with Gasteiger partial charge in [0.1, 0.15) is 10.1 Å². The molecule has 0 N–H and O–H groups in total. The first kappa shape index (κ1) is 20.4. The van der Waals surface area contributed by atoms with Crippen LogP contribution in [-0.2, 0) is 16.1 Å². The van der Waals surface area contributed by atoms with Gasteiger partial charge >= 0.3 is 0 Å². The molecule has 0 unspecified atom stereocenters. The summed E-state index contributed by atoms with van der Waals surface area (Å²) in [4.78, 5) is 29.1. The molecule has 0 radical (unpaired) electrons. The number of benzene rings is 1. The number of hydrogen-bond donors (Lipinski definition) is 0. The molecule has 146 valence electrons. The third kappa shape index (κ3) is 5.11. The summed E-state index contributed by atoms with van der Waals surface area (Å²) in [6, 6.07) is 13.5. The average Bonchev–Trinajstić information content (AvgIpc) is 3.30. The second kappa shape index (κ2) is 9.71. The highest BCUT2D eigenvalue weighted by molar-refractivity contribution is 8.26. The van der Waals surface area contributed by atoms with Crippen LogP contribution < -0.4 is 0 Å². The topological polar surface area (TPSA) is 53.8 Å². The molecule has 0 saturated carbocycles. The number of nitrogens with zero attached hydrogens (tertiary/aromatic N) is 2. The summed E-state index contributed by atoms with van der Waals surface area (Å²) < 4.78 is 5.78. The molecule has 5 nitrogen and oxygen atoms in total. The van der Waals surface area contributed by atoms with Crippen LogP contribution >= 0.6 is 24.0 Å². The Balaban J connectivity index is 1.51. The minimum absolute atomic E-state index is 0.0860. The summed E-state index contributed by atoms with van der Waals surface area (Å²) >= 11 is 6.60. The molecule has 1 aliphatic heterocycles. The van der Waals surface area contributed by atoms with Crippen molar-refractivity contribution < 1.29 is 14.0 Å². The van der Waals surface area contributed by atoms with Crippen LogP contribution in [0.25, 0.3) is 6.08 Å². The standard InChI is InChI=1S/C21H22N2O3S2/c1-2-22(15-16-8-4-3-5-9-16)19(24)11-6-12-23-20(25)18(28-21(23)27)14-17-10-7-13-26-17/h3-5,7-10,13-14H,2,6,11-12,15H2,1H3/b18-14+. The molecule has 0 bridgehead atoms. The van der Waals surface area contributed by atoms with Crippen LogP contribution in [0.1, 0.15) is 31.1 Å². The summed E-state index contributed by atoms with van der Waals surface area (Å²) in [5.41, 5.74) is 1.11. The second-order valence-electron chi connectivity index (χ2n) is 6.35. The molecule has 7 heteroatoms. The smallest absolute Gasteiger partial charge is 0.266 e. The fourth-order valence-electron chi connectivity index (χ4n) is 2.92. The van der Waals surface area contributed by atoms with E-state index < -0.39 is 0 Å². The first-order valence-electron chi connectivity index (χ1n) is 9.19. The SMILES string of the molecule is CCN(Cc1ccccc1)C(=O)CCCN1C(=O)/C(=C\c2ccco2)SC1=S. The Morgan fingerprint density at radius 2 is 2.04 bits per heavy atom. The van der Waals surface area contributed by atoms with Gasteiger partial charge < -0.3 is 9.32 Å². The third-order valence-electron chi connectivity index (χ3n) is 4.41. The van der Waals surface area contributed by atoms with E-state index >= 15 is 0 Å². The van der Waals surface area contributed by atoms with Crippen LogP contribution in [0.4, 0.5) is 0 Å². The number of hydrogen-bond acceptors (Lipinski definition) is 5. The van der Waals surface area contributed by atoms with Gasteiger partial charge in [0.25, 0.3) is 5.91 Å². The summed E-state index contributed by atoms with van der Waals surface area (Å²) in [7, 11) is 0. The zero-order valence-electron chi connectivity index (χ0n) is 15.7. The molecule has 2 heterocycles. The number of amides is 2. The number of carbonyl (C=O) groups excluding carboxylic acids is 2. The number of furan rings is 1. The number of thiocarbonyl (C=S) groups is 1. The lowest BCUT2D eigenvalue weighted by Gasteiger charge is -2.22. The largest absolute Gasteiger partial charge is 0.465 e. The fourth-order valence-corrected chi connectivity index (χ4v) is 4.21. The lowest BCUT2D eigenvalue weighted by molar-refractivity contribution is -0.132. The minimum Gasteiger partial charge on any atom is -0.465 e. The van der Waals surface area contributed by atoms with E-state index in [2.05, 4.69) is 0 Å². The van der Waals surface area contributed by atoms with Gasteiger partial charge in [0.2, 0.25) is 5.91 Å². The third-order valence-corrected chi connectivity index (χ3v) is 5.79. The molecule has 28 heavy (non-hydrogen) atoms. The first-order chi connectivity index (χ1) is 13.6. The monoisotopic (exact) mass is 414 g/mol. The molecule has 1 saturated heterocycles. The van der Waals surface area contributed by atoms with Gasteiger partial charge in [0, 0.05) is 32.1 Å².